The third-order valence-corrected chi connectivity index (χ3v) is 5.79. The predicted octanol–water partition coefficient (Wildman–Crippen LogP) is 7.82. The summed E-state index contributed by atoms with van der Waals surface area (Å²) >= 11 is 0. The van der Waals surface area contributed by atoms with E-state index in [9.17, 15) is 0 Å². The maximum Gasteiger partial charge on any atom is 0.109 e. The summed E-state index contributed by atoms with van der Waals surface area (Å²) in [6, 6.07) is 34.7. The Hall–Kier alpha value is -3.16. The van der Waals surface area contributed by atoms with E-state index in [1.54, 1.807) is 0 Å². The maximum absolute atomic E-state index is 6.95. The smallest absolute Gasteiger partial charge is 0.109 e. The van der Waals surface area contributed by atoms with Gasteiger partial charge in [0.1, 0.15) is 12.2 Å². The molecule has 0 aromatic heterocycles. The Morgan fingerprint density at radius 2 is 0.548 bits per heavy atom. The minimum atomic E-state index is -0.159. The molecule has 0 heterocycles. The molecule has 0 unspecified atom stereocenters. The Kier molecular flexibility index (Phi) is 6.34. The first-order valence-corrected chi connectivity index (χ1v) is 10.9. The number of benzene rings is 4. The number of aryl methyl sites for hydroxylation is 4. The SMILES string of the molecule is Cc1ccc(C(OC(c2ccc(C)cc2)c2ccc(C)cc2)c2ccc(C)cc2)cc1. The normalized spacial score (nSPS) is 11.3. The van der Waals surface area contributed by atoms with Crippen molar-refractivity contribution in [3.8, 4) is 0 Å². The van der Waals surface area contributed by atoms with Crippen LogP contribution in [0.1, 0.15) is 56.7 Å². The summed E-state index contributed by atoms with van der Waals surface area (Å²) in [6.45, 7) is 8.47. The van der Waals surface area contributed by atoms with Crippen molar-refractivity contribution in [3.63, 3.8) is 0 Å². The zero-order valence-corrected chi connectivity index (χ0v) is 18.8. The molecule has 1 nitrogen and oxygen atoms in total. The summed E-state index contributed by atoms with van der Waals surface area (Å²) in [7, 11) is 0. The van der Waals surface area contributed by atoms with Crippen LogP contribution in [0, 0.1) is 27.7 Å². The van der Waals surface area contributed by atoms with E-state index in [2.05, 4.69) is 125 Å². The van der Waals surface area contributed by atoms with Gasteiger partial charge in [0.25, 0.3) is 0 Å². The minimum Gasteiger partial charge on any atom is -0.356 e. The van der Waals surface area contributed by atoms with Gasteiger partial charge in [-0.05, 0) is 49.9 Å². The minimum absolute atomic E-state index is 0.159. The van der Waals surface area contributed by atoms with Crippen molar-refractivity contribution in [2.24, 2.45) is 0 Å². The van der Waals surface area contributed by atoms with Crippen LogP contribution in [-0.4, -0.2) is 0 Å². The van der Waals surface area contributed by atoms with E-state index in [0.717, 1.165) is 0 Å². The van der Waals surface area contributed by atoms with Crippen LogP contribution in [-0.2, 0) is 4.74 Å². The average Bonchev–Trinajstić information content (AvgIpc) is 2.78. The first-order valence-electron chi connectivity index (χ1n) is 10.9. The van der Waals surface area contributed by atoms with Crippen molar-refractivity contribution >= 4 is 0 Å². The summed E-state index contributed by atoms with van der Waals surface area (Å²) in [5.41, 5.74) is 9.66. The number of hydrogen-bond donors (Lipinski definition) is 0. The van der Waals surface area contributed by atoms with Crippen LogP contribution in [0.3, 0.4) is 0 Å². The quantitative estimate of drug-likeness (QED) is 0.317. The van der Waals surface area contributed by atoms with Gasteiger partial charge in [-0.25, -0.2) is 0 Å². The van der Waals surface area contributed by atoms with Crippen molar-refractivity contribution in [1.29, 1.82) is 0 Å². The molecular formula is C30H30O. The summed E-state index contributed by atoms with van der Waals surface area (Å²) in [5, 5.41) is 0. The van der Waals surface area contributed by atoms with E-state index >= 15 is 0 Å². The molecule has 0 N–H and O–H groups in total. The standard InChI is InChI=1S/C30H30O/c1-21-5-13-25(14-6-21)29(26-15-7-22(2)8-16-26)31-30(27-17-9-23(3)10-18-27)28-19-11-24(4)12-20-28/h5-20,29-30H,1-4H3. The molecule has 0 fully saturated rings. The predicted molar refractivity (Wildman–Crippen MR) is 129 cm³/mol. The lowest BCUT2D eigenvalue weighted by molar-refractivity contribution is 0.0308. The molecule has 0 atom stereocenters. The lowest BCUT2D eigenvalue weighted by Crippen LogP contribution is -2.13. The van der Waals surface area contributed by atoms with Gasteiger partial charge in [0.05, 0.1) is 0 Å². The Labute approximate surface area is 186 Å². The van der Waals surface area contributed by atoms with Crippen LogP contribution in [0.4, 0.5) is 0 Å². The van der Waals surface area contributed by atoms with Gasteiger partial charge in [-0.3, -0.25) is 0 Å². The molecule has 4 rings (SSSR count). The van der Waals surface area contributed by atoms with E-state index in [1.165, 1.54) is 44.5 Å². The largest absolute Gasteiger partial charge is 0.356 e. The Balaban J connectivity index is 1.79. The second kappa shape index (κ2) is 9.32. The molecule has 31 heavy (non-hydrogen) atoms. The van der Waals surface area contributed by atoms with Gasteiger partial charge < -0.3 is 4.74 Å². The van der Waals surface area contributed by atoms with Gasteiger partial charge in [-0.15, -0.1) is 0 Å². The van der Waals surface area contributed by atoms with Gasteiger partial charge in [0, 0.05) is 0 Å². The van der Waals surface area contributed by atoms with Gasteiger partial charge in [-0.1, -0.05) is 119 Å². The van der Waals surface area contributed by atoms with E-state index in [1.807, 2.05) is 0 Å². The second-order valence-corrected chi connectivity index (χ2v) is 8.54. The first-order chi connectivity index (χ1) is 15.0. The summed E-state index contributed by atoms with van der Waals surface area (Å²) < 4.78 is 6.95. The molecule has 0 radical (unpaired) electrons. The number of rotatable bonds is 6. The maximum atomic E-state index is 6.95. The third kappa shape index (κ3) is 5.13. The fourth-order valence-corrected chi connectivity index (χ4v) is 3.80. The monoisotopic (exact) mass is 406 g/mol. The fourth-order valence-electron chi connectivity index (χ4n) is 3.80. The Bertz CT molecular complexity index is 921. The van der Waals surface area contributed by atoms with E-state index in [-0.39, 0.29) is 12.2 Å². The molecule has 0 aliphatic heterocycles. The molecule has 4 aromatic rings. The van der Waals surface area contributed by atoms with Crippen LogP contribution < -0.4 is 0 Å². The highest BCUT2D eigenvalue weighted by atomic mass is 16.5. The molecule has 0 saturated carbocycles. The summed E-state index contributed by atoms with van der Waals surface area (Å²) in [4.78, 5) is 0. The average molecular weight is 407 g/mol. The van der Waals surface area contributed by atoms with E-state index < -0.39 is 0 Å². The van der Waals surface area contributed by atoms with Crippen LogP contribution in [0.5, 0.6) is 0 Å². The summed E-state index contributed by atoms with van der Waals surface area (Å²) in [6.07, 6.45) is -0.317. The molecule has 156 valence electrons. The van der Waals surface area contributed by atoms with Crippen LogP contribution in [0.2, 0.25) is 0 Å². The third-order valence-electron chi connectivity index (χ3n) is 5.79. The Morgan fingerprint density at radius 1 is 0.355 bits per heavy atom. The summed E-state index contributed by atoms with van der Waals surface area (Å²) in [5.74, 6) is 0. The first kappa shape index (κ1) is 21.1. The van der Waals surface area contributed by atoms with Crippen molar-refractivity contribution < 1.29 is 4.74 Å². The van der Waals surface area contributed by atoms with Gasteiger partial charge in [0.2, 0.25) is 0 Å². The van der Waals surface area contributed by atoms with Crippen molar-refractivity contribution in [3.05, 3.63) is 142 Å². The zero-order chi connectivity index (χ0) is 21.8. The molecule has 0 saturated heterocycles. The second-order valence-electron chi connectivity index (χ2n) is 8.54. The molecule has 0 aliphatic rings. The topological polar surface area (TPSA) is 9.23 Å². The van der Waals surface area contributed by atoms with E-state index in [0.29, 0.717) is 0 Å². The van der Waals surface area contributed by atoms with Crippen LogP contribution >= 0.6 is 0 Å². The van der Waals surface area contributed by atoms with Crippen molar-refractivity contribution in [2.75, 3.05) is 0 Å². The highest BCUT2D eigenvalue weighted by Gasteiger charge is 2.23. The molecule has 0 amide bonds. The van der Waals surface area contributed by atoms with Crippen LogP contribution in [0.15, 0.2) is 97.1 Å². The van der Waals surface area contributed by atoms with Gasteiger partial charge in [0.15, 0.2) is 0 Å². The lowest BCUT2D eigenvalue weighted by Gasteiger charge is -2.27. The molecule has 0 aliphatic carbocycles. The zero-order valence-electron chi connectivity index (χ0n) is 18.8. The highest BCUT2D eigenvalue weighted by Crippen LogP contribution is 2.36. The van der Waals surface area contributed by atoms with Gasteiger partial charge in [-0.2, -0.15) is 0 Å². The fraction of sp³-hybridized carbons (Fsp3) is 0.200. The highest BCUT2D eigenvalue weighted by molar-refractivity contribution is 5.37. The van der Waals surface area contributed by atoms with Crippen LogP contribution in [0.25, 0.3) is 0 Å². The molecule has 4 aromatic carbocycles. The van der Waals surface area contributed by atoms with Crippen molar-refractivity contribution in [2.45, 2.75) is 39.9 Å². The van der Waals surface area contributed by atoms with Gasteiger partial charge >= 0.3 is 0 Å². The molecule has 1 heteroatoms. The molecule has 0 bridgehead atoms. The van der Waals surface area contributed by atoms with Crippen molar-refractivity contribution in [1.82, 2.24) is 0 Å². The Morgan fingerprint density at radius 3 is 0.742 bits per heavy atom. The number of hydrogen-bond acceptors (Lipinski definition) is 1. The van der Waals surface area contributed by atoms with E-state index in [4.69, 9.17) is 4.74 Å². The number of ether oxygens (including phenoxy) is 1. The molecule has 0 spiro atoms. The molecular weight excluding hydrogens is 376 g/mol. The lowest BCUT2D eigenvalue weighted by atomic mass is 9.96.